The van der Waals surface area contributed by atoms with Crippen molar-refractivity contribution >= 4 is 51.4 Å². The molecule has 0 atom stereocenters. The van der Waals surface area contributed by atoms with Gasteiger partial charge in [0.25, 0.3) is 17.7 Å². The molecular formula is C28H30BrN3O6. The zero-order chi connectivity index (χ0) is 27.2. The number of urea groups is 1. The SMILES string of the molecule is CCOc1cc(C=C2C(=O)NC(=O)N(C3CCCCC3)C2=O)cc(Br)c1OCC(=O)Nc1ccc(C)cc1. The second-order valence-corrected chi connectivity index (χ2v) is 10.1. The maximum atomic E-state index is 13.2. The molecule has 4 rings (SSSR count). The Bertz CT molecular complexity index is 1270. The van der Waals surface area contributed by atoms with Crippen LogP contribution in [0.25, 0.3) is 6.08 Å². The van der Waals surface area contributed by atoms with E-state index in [1.807, 2.05) is 31.2 Å². The van der Waals surface area contributed by atoms with Crippen LogP contribution < -0.4 is 20.1 Å². The number of hydrogen-bond acceptors (Lipinski definition) is 6. The molecule has 1 saturated heterocycles. The summed E-state index contributed by atoms with van der Waals surface area (Å²) >= 11 is 3.46. The molecule has 2 fully saturated rings. The first-order chi connectivity index (χ1) is 18.3. The fraction of sp³-hybridized carbons (Fsp3) is 0.357. The minimum Gasteiger partial charge on any atom is -0.490 e. The maximum absolute atomic E-state index is 13.2. The number of nitrogens with zero attached hydrogens (tertiary/aromatic N) is 1. The minimum absolute atomic E-state index is 0.129. The van der Waals surface area contributed by atoms with Gasteiger partial charge in [0.05, 0.1) is 11.1 Å². The summed E-state index contributed by atoms with van der Waals surface area (Å²) in [5.41, 5.74) is 2.11. The molecule has 0 aromatic heterocycles. The van der Waals surface area contributed by atoms with E-state index in [0.717, 1.165) is 37.7 Å². The highest BCUT2D eigenvalue weighted by Gasteiger charge is 2.40. The zero-order valence-corrected chi connectivity index (χ0v) is 22.9. The van der Waals surface area contributed by atoms with Crippen LogP contribution in [0.1, 0.15) is 50.2 Å². The second kappa shape index (κ2) is 12.3. The number of imide groups is 2. The number of rotatable bonds is 8. The van der Waals surface area contributed by atoms with Gasteiger partial charge in [-0.05, 0) is 78.5 Å². The smallest absolute Gasteiger partial charge is 0.331 e. The minimum atomic E-state index is -0.741. The number of nitrogens with one attached hydrogen (secondary N) is 2. The van der Waals surface area contributed by atoms with Crippen molar-refractivity contribution in [2.45, 2.75) is 52.0 Å². The molecule has 0 unspecified atom stereocenters. The van der Waals surface area contributed by atoms with Crippen molar-refractivity contribution in [3.05, 3.63) is 57.6 Å². The van der Waals surface area contributed by atoms with Crippen LogP contribution in [0, 0.1) is 6.92 Å². The van der Waals surface area contributed by atoms with Crippen molar-refractivity contribution in [2.24, 2.45) is 0 Å². The van der Waals surface area contributed by atoms with Gasteiger partial charge in [-0.3, -0.25) is 24.6 Å². The summed E-state index contributed by atoms with van der Waals surface area (Å²) in [6.07, 6.45) is 5.82. The van der Waals surface area contributed by atoms with Crippen molar-refractivity contribution < 1.29 is 28.7 Å². The Balaban J connectivity index is 1.53. The molecule has 10 heteroatoms. The highest BCUT2D eigenvalue weighted by atomic mass is 79.9. The average molecular weight is 584 g/mol. The van der Waals surface area contributed by atoms with E-state index in [-0.39, 0.29) is 24.1 Å². The van der Waals surface area contributed by atoms with Crippen molar-refractivity contribution in [1.29, 1.82) is 0 Å². The van der Waals surface area contributed by atoms with Crippen molar-refractivity contribution in [3.63, 3.8) is 0 Å². The molecule has 1 aliphatic carbocycles. The Morgan fingerprint density at radius 2 is 1.82 bits per heavy atom. The third-order valence-electron chi connectivity index (χ3n) is 6.40. The third-order valence-corrected chi connectivity index (χ3v) is 6.99. The van der Waals surface area contributed by atoms with E-state index in [4.69, 9.17) is 9.47 Å². The van der Waals surface area contributed by atoms with Gasteiger partial charge in [0, 0.05) is 11.7 Å². The fourth-order valence-electron chi connectivity index (χ4n) is 4.55. The number of amides is 5. The predicted octanol–water partition coefficient (Wildman–Crippen LogP) is 4.97. The number of ether oxygens (including phenoxy) is 2. The molecule has 2 aromatic carbocycles. The Morgan fingerprint density at radius 1 is 1.11 bits per heavy atom. The van der Waals surface area contributed by atoms with E-state index in [0.29, 0.717) is 33.8 Å². The van der Waals surface area contributed by atoms with Crippen LogP contribution in [-0.4, -0.2) is 47.9 Å². The van der Waals surface area contributed by atoms with Gasteiger partial charge in [-0.2, -0.15) is 0 Å². The normalized spacial score (nSPS) is 17.4. The maximum Gasteiger partial charge on any atom is 0.331 e. The van der Waals surface area contributed by atoms with E-state index < -0.39 is 17.8 Å². The number of barbiturate groups is 1. The number of anilines is 1. The summed E-state index contributed by atoms with van der Waals surface area (Å²) in [6.45, 7) is 3.83. The molecule has 1 heterocycles. The summed E-state index contributed by atoms with van der Waals surface area (Å²) in [5, 5.41) is 5.07. The van der Waals surface area contributed by atoms with Crippen LogP contribution in [0.2, 0.25) is 0 Å². The number of halogens is 1. The summed E-state index contributed by atoms with van der Waals surface area (Å²) in [5.74, 6) is -1.04. The number of carbonyl (C=O) groups is 4. The first-order valence-electron chi connectivity index (χ1n) is 12.6. The second-order valence-electron chi connectivity index (χ2n) is 9.25. The lowest BCUT2D eigenvalue weighted by molar-refractivity contribution is -0.132. The first kappa shape index (κ1) is 27.4. The molecule has 0 radical (unpaired) electrons. The van der Waals surface area contributed by atoms with Gasteiger partial charge in [0.15, 0.2) is 18.1 Å². The lowest BCUT2D eigenvalue weighted by atomic mass is 9.93. The van der Waals surface area contributed by atoms with E-state index >= 15 is 0 Å². The number of benzene rings is 2. The van der Waals surface area contributed by atoms with Gasteiger partial charge in [-0.1, -0.05) is 37.0 Å². The molecule has 200 valence electrons. The van der Waals surface area contributed by atoms with Gasteiger partial charge in [0.1, 0.15) is 5.57 Å². The highest BCUT2D eigenvalue weighted by molar-refractivity contribution is 9.10. The predicted molar refractivity (Wildman–Crippen MR) is 146 cm³/mol. The van der Waals surface area contributed by atoms with Gasteiger partial charge in [-0.15, -0.1) is 0 Å². The van der Waals surface area contributed by atoms with E-state index in [9.17, 15) is 19.2 Å². The molecule has 9 nitrogen and oxygen atoms in total. The van der Waals surface area contributed by atoms with Crippen LogP contribution in [0.5, 0.6) is 11.5 Å². The largest absolute Gasteiger partial charge is 0.490 e. The highest BCUT2D eigenvalue weighted by Crippen LogP contribution is 2.38. The topological polar surface area (TPSA) is 114 Å². The molecule has 0 bridgehead atoms. The summed E-state index contributed by atoms with van der Waals surface area (Å²) in [7, 11) is 0. The molecule has 1 aliphatic heterocycles. The van der Waals surface area contributed by atoms with Crippen LogP contribution >= 0.6 is 15.9 Å². The molecule has 5 amide bonds. The van der Waals surface area contributed by atoms with Crippen LogP contribution in [0.3, 0.4) is 0 Å². The molecule has 0 spiro atoms. The molecular weight excluding hydrogens is 554 g/mol. The Labute approximate surface area is 229 Å². The van der Waals surface area contributed by atoms with Crippen LogP contribution in [0.4, 0.5) is 10.5 Å². The molecule has 2 aliphatic rings. The molecule has 1 saturated carbocycles. The van der Waals surface area contributed by atoms with E-state index in [1.165, 1.54) is 11.0 Å². The average Bonchev–Trinajstić information content (AvgIpc) is 2.88. The van der Waals surface area contributed by atoms with Gasteiger partial charge in [-0.25, -0.2) is 4.79 Å². The Hall–Kier alpha value is -3.66. The first-order valence-corrected chi connectivity index (χ1v) is 13.4. The monoisotopic (exact) mass is 583 g/mol. The van der Waals surface area contributed by atoms with Gasteiger partial charge < -0.3 is 14.8 Å². The lowest BCUT2D eigenvalue weighted by Crippen LogP contribution is -2.58. The van der Waals surface area contributed by atoms with Crippen molar-refractivity contribution in [1.82, 2.24) is 10.2 Å². The zero-order valence-electron chi connectivity index (χ0n) is 21.3. The number of aryl methyl sites for hydroxylation is 1. The van der Waals surface area contributed by atoms with E-state index in [1.54, 1.807) is 19.1 Å². The lowest BCUT2D eigenvalue weighted by Gasteiger charge is -2.35. The van der Waals surface area contributed by atoms with E-state index in [2.05, 4.69) is 26.6 Å². The van der Waals surface area contributed by atoms with Crippen LogP contribution in [0.15, 0.2) is 46.4 Å². The van der Waals surface area contributed by atoms with Gasteiger partial charge >= 0.3 is 6.03 Å². The van der Waals surface area contributed by atoms with Crippen LogP contribution in [-0.2, 0) is 14.4 Å². The summed E-state index contributed by atoms with van der Waals surface area (Å²) in [4.78, 5) is 51.9. The molecule has 2 aromatic rings. The quantitative estimate of drug-likeness (QED) is 0.335. The Kier molecular flexibility index (Phi) is 8.83. The third kappa shape index (κ3) is 6.42. The van der Waals surface area contributed by atoms with Crippen molar-refractivity contribution in [3.8, 4) is 11.5 Å². The van der Waals surface area contributed by atoms with Gasteiger partial charge in [0.2, 0.25) is 0 Å². The number of hydrogen-bond donors (Lipinski definition) is 2. The standard InChI is InChI=1S/C28H30BrN3O6/c1-3-37-23-15-18(13-21-26(34)31-28(36)32(27(21)35)20-7-5-4-6-8-20)14-22(29)25(23)38-16-24(33)30-19-11-9-17(2)10-12-19/h9-15,20H,3-8,16H2,1-2H3,(H,30,33)(H,31,34,36). The summed E-state index contributed by atoms with van der Waals surface area (Å²) in [6, 6.07) is 9.80. The number of carbonyl (C=O) groups excluding carboxylic acids is 4. The molecule has 38 heavy (non-hydrogen) atoms. The fourth-order valence-corrected chi connectivity index (χ4v) is 5.13. The van der Waals surface area contributed by atoms with Crippen molar-refractivity contribution in [2.75, 3.05) is 18.5 Å². The molecule has 2 N–H and O–H groups in total. The Morgan fingerprint density at radius 3 is 2.50 bits per heavy atom. The summed E-state index contributed by atoms with van der Waals surface area (Å²) < 4.78 is 12.0.